The second kappa shape index (κ2) is 3.33. The number of nitrogens with one attached hydrogen (secondary N) is 2. The van der Waals surface area contributed by atoms with E-state index in [1.165, 1.54) is 0 Å². The van der Waals surface area contributed by atoms with Crippen LogP contribution in [0.2, 0.25) is 0 Å². The smallest absolute Gasteiger partial charge is 0.243 e. The molecule has 1 aliphatic heterocycles. The molecule has 0 spiro atoms. The molecule has 0 fully saturated rings. The monoisotopic (exact) mass is 219 g/mol. The molecule has 2 heterocycles. The molecule has 84 valence electrons. The van der Waals surface area contributed by atoms with Crippen molar-refractivity contribution in [3.63, 3.8) is 0 Å². The normalized spacial score (nSPS) is 18.2. The van der Waals surface area contributed by atoms with Crippen molar-refractivity contribution in [3.05, 3.63) is 11.3 Å². The minimum absolute atomic E-state index is 0.189. The zero-order valence-electron chi connectivity index (χ0n) is 9.08. The van der Waals surface area contributed by atoms with Crippen molar-refractivity contribution >= 4 is 17.7 Å². The molecule has 0 saturated heterocycles. The molecule has 0 aromatic carbocycles. The van der Waals surface area contributed by atoms with E-state index in [4.69, 9.17) is 0 Å². The summed E-state index contributed by atoms with van der Waals surface area (Å²) in [6.45, 7) is 3.46. The van der Waals surface area contributed by atoms with E-state index in [0.29, 0.717) is 24.9 Å². The molecule has 1 aromatic rings. The fourth-order valence-corrected chi connectivity index (χ4v) is 2.10. The molecule has 2 aliphatic rings. The van der Waals surface area contributed by atoms with E-state index in [9.17, 15) is 4.79 Å². The van der Waals surface area contributed by atoms with E-state index < -0.39 is 0 Å². The molecule has 3 rings (SSSR count). The number of hydrogen-bond acceptors (Lipinski definition) is 5. The van der Waals surface area contributed by atoms with Gasteiger partial charge in [-0.2, -0.15) is 4.98 Å². The molecule has 1 aromatic heterocycles. The van der Waals surface area contributed by atoms with Gasteiger partial charge in [0.15, 0.2) is 5.78 Å². The number of nitrogens with zero attached hydrogens (tertiary/aromatic N) is 3. The molecule has 1 aliphatic carbocycles. The van der Waals surface area contributed by atoms with Gasteiger partial charge in [-0.1, -0.05) is 0 Å². The Kier molecular flexibility index (Phi) is 1.95. The van der Waals surface area contributed by atoms with Crippen LogP contribution in [0.1, 0.15) is 19.8 Å². The highest BCUT2D eigenvalue weighted by Gasteiger charge is 2.29. The number of anilines is 2. The van der Waals surface area contributed by atoms with Gasteiger partial charge in [0.1, 0.15) is 0 Å². The molecule has 6 heteroatoms. The fourth-order valence-electron chi connectivity index (χ4n) is 2.10. The molecular formula is C10H13N5O. The number of fused-ring (bicyclic) bond motifs is 1. The predicted octanol–water partition coefficient (Wildman–Crippen LogP) is 0.752. The molecule has 0 radical (unpaired) electrons. The van der Waals surface area contributed by atoms with Crippen LogP contribution >= 0.6 is 0 Å². The first kappa shape index (κ1) is 9.38. The van der Waals surface area contributed by atoms with E-state index in [0.717, 1.165) is 24.2 Å². The number of allylic oxidation sites excluding steroid dienone is 2. The summed E-state index contributed by atoms with van der Waals surface area (Å²) in [4.78, 5) is 15.8. The van der Waals surface area contributed by atoms with Crippen molar-refractivity contribution in [1.29, 1.82) is 0 Å². The van der Waals surface area contributed by atoms with Crippen LogP contribution in [0.4, 0.5) is 11.9 Å². The highest BCUT2D eigenvalue weighted by Crippen LogP contribution is 2.30. The van der Waals surface area contributed by atoms with Crippen LogP contribution in [0.15, 0.2) is 11.3 Å². The summed E-state index contributed by atoms with van der Waals surface area (Å²) in [5.74, 6) is 1.46. The summed E-state index contributed by atoms with van der Waals surface area (Å²) in [5.41, 5.74) is 1.88. The van der Waals surface area contributed by atoms with Crippen molar-refractivity contribution in [3.8, 4) is 0 Å². The van der Waals surface area contributed by atoms with Crippen LogP contribution < -0.4 is 10.6 Å². The van der Waals surface area contributed by atoms with Gasteiger partial charge < -0.3 is 10.6 Å². The first-order chi connectivity index (χ1) is 7.78. The topological polar surface area (TPSA) is 71.8 Å². The summed E-state index contributed by atoms with van der Waals surface area (Å²) < 4.78 is 1.80. The van der Waals surface area contributed by atoms with Gasteiger partial charge >= 0.3 is 0 Å². The van der Waals surface area contributed by atoms with Gasteiger partial charge in [-0.3, -0.25) is 4.79 Å². The maximum Gasteiger partial charge on any atom is 0.243 e. The summed E-state index contributed by atoms with van der Waals surface area (Å²) in [6, 6.07) is 0. The Labute approximate surface area is 92.7 Å². The van der Waals surface area contributed by atoms with E-state index >= 15 is 0 Å². The summed E-state index contributed by atoms with van der Waals surface area (Å²) in [6.07, 6.45) is 1.46. The van der Waals surface area contributed by atoms with Gasteiger partial charge in [0.05, 0.1) is 12.2 Å². The number of aromatic nitrogens is 3. The molecule has 6 nitrogen and oxygen atoms in total. The minimum Gasteiger partial charge on any atom is -0.353 e. The maximum absolute atomic E-state index is 11.6. The lowest BCUT2D eigenvalue weighted by Crippen LogP contribution is -2.19. The number of carbonyl (C=O) groups is 1. The van der Waals surface area contributed by atoms with Gasteiger partial charge in [0.2, 0.25) is 11.9 Å². The standard InChI is InChI=1S/C10H13N5O/c1-2-11-9-13-10-12-8-6(3-4-7(8)16)5-15(10)14-9/h2-5H2,1H3,(H2,11,12,13,14). The molecule has 2 N–H and O–H groups in total. The molecule has 0 atom stereocenters. The Bertz CT molecular complexity index is 487. The number of ketones is 1. The van der Waals surface area contributed by atoms with E-state index in [2.05, 4.69) is 20.7 Å². The molecule has 0 bridgehead atoms. The Morgan fingerprint density at radius 3 is 3.19 bits per heavy atom. The summed E-state index contributed by atoms with van der Waals surface area (Å²) in [5, 5.41) is 10.4. The Morgan fingerprint density at radius 2 is 2.38 bits per heavy atom. The van der Waals surface area contributed by atoms with Crippen LogP contribution in [0.3, 0.4) is 0 Å². The van der Waals surface area contributed by atoms with Crippen LogP contribution in [-0.2, 0) is 11.3 Å². The quantitative estimate of drug-likeness (QED) is 0.768. The minimum atomic E-state index is 0.189. The number of rotatable bonds is 2. The van der Waals surface area contributed by atoms with E-state index in [1.54, 1.807) is 4.68 Å². The third-order valence-electron chi connectivity index (χ3n) is 2.87. The lowest BCUT2D eigenvalue weighted by atomic mass is 10.2. The van der Waals surface area contributed by atoms with Crippen molar-refractivity contribution in [2.45, 2.75) is 26.3 Å². The molecule has 16 heavy (non-hydrogen) atoms. The zero-order chi connectivity index (χ0) is 11.1. The second-order valence-electron chi connectivity index (χ2n) is 3.97. The van der Waals surface area contributed by atoms with Gasteiger partial charge in [-0.15, -0.1) is 5.10 Å². The van der Waals surface area contributed by atoms with E-state index in [1.807, 2.05) is 6.92 Å². The van der Waals surface area contributed by atoms with Gasteiger partial charge in [-0.25, -0.2) is 4.68 Å². The largest absolute Gasteiger partial charge is 0.353 e. The lowest BCUT2D eigenvalue weighted by Gasteiger charge is -2.15. The molecule has 0 saturated carbocycles. The Morgan fingerprint density at radius 1 is 1.50 bits per heavy atom. The molecule has 0 amide bonds. The van der Waals surface area contributed by atoms with Crippen molar-refractivity contribution in [2.24, 2.45) is 0 Å². The maximum atomic E-state index is 11.6. The zero-order valence-corrected chi connectivity index (χ0v) is 9.08. The van der Waals surface area contributed by atoms with Crippen molar-refractivity contribution in [1.82, 2.24) is 14.8 Å². The highest BCUT2D eigenvalue weighted by molar-refractivity contribution is 6.01. The number of carbonyl (C=O) groups excluding carboxylic acids is 1. The third-order valence-corrected chi connectivity index (χ3v) is 2.87. The first-order valence-electron chi connectivity index (χ1n) is 5.49. The van der Waals surface area contributed by atoms with Crippen LogP contribution in [0.5, 0.6) is 0 Å². The van der Waals surface area contributed by atoms with Crippen LogP contribution in [0, 0.1) is 0 Å². The van der Waals surface area contributed by atoms with Gasteiger partial charge in [0, 0.05) is 13.0 Å². The SMILES string of the molecule is CCNc1nc2n(n1)CC1=C(N2)C(=O)CC1. The number of hydrogen-bond donors (Lipinski definition) is 2. The fraction of sp³-hybridized carbons (Fsp3) is 0.500. The van der Waals surface area contributed by atoms with E-state index in [-0.39, 0.29) is 5.78 Å². The molecular weight excluding hydrogens is 206 g/mol. The van der Waals surface area contributed by atoms with Crippen LogP contribution in [0.25, 0.3) is 0 Å². The first-order valence-corrected chi connectivity index (χ1v) is 5.49. The predicted molar refractivity (Wildman–Crippen MR) is 59.1 cm³/mol. The van der Waals surface area contributed by atoms with Crippen LogP contribution in [-0.4, -0.2) is 27.1 Å². The Balaban J connectivity index is 1.91. The third kappa shape index (κ3) is 1.30. The van der Waals surface area contributed by atoms with Gasteiger partial charge in [0.25, 0.3) is 0 Å². The van der Waals surface area contributed by atoms with Gasteiger partial charge in [-0.05, 0) is 18.9 Å². The summed E-state index contributed by atoms with van der Waals surface area (Å²) >= 11 is 0. The highest BCUT2D eigenvalue weighted by atomic mass is 16.1. The molecule has 0 unspecified atom stereocenters. The van der Waals surface area contributed by atoms with Crippen molar-refractivity contribution < 1.29 is 4.79 Å². The summed E-state index contributed by atoms with van der Waals surface area (Å²) in [7, 11) is 0. The number of Topliss-reactive ketones (excluding diaryl/α,β-unsaturated/α-hetero) is 1. The lowest BCUT2D eigenvalue weighted by molar-refractivity contribution is -0.114. The average molecular weight is 219 g/mol. The average Bonchev–Trinajstić information content (AvgIpc) is 2.80. The van der Waals surface area contributed by atoms with Crippen molar-refractivity contribution in [2.75, 3.05) is 17.2 Å². The Hall–Kier alpha value is -1.85. The second-order valence-corrected chi connectivity index (χ2v) is 3.97.